The van der Waals surface area contributed by atoms with Crippen molar-refractivity contribution < 1.29 is 9.59 Å². The van der Waals surface area contributed by atoms with Crippen LogP contribution in [0.15, 0.2) is 18.2 Å². The molecule has 0 fully saturated rings. The van der Waals surface area contributed by atoms with E-state index in [0.717, 1.165) is 70.0 Å². The molecule has 0 bridgehead atoms. The van der Waals surface area contributed by atoms with Crippen LogP contribution in [0.1, 0.15) is 64.3 Å². The second-order valence-corrected chi connectivity index (χ2v) is 9.06. The van der Waals surface area contributed by atoms with Gasteiger partial charge in [-0.3, -0.25) is 0 Å². The van der Waals surface area contributed by atoms with Gasteiger partial charge in [-0.25, -0.2) is 9.97 Å². The number of unbranched alkanes of at least 4 members (excludes halogenated alkanes) is 3. The van der Waals surface area contributed by atoms with Crippen molar-refractivity contribution in [1.82, 2.24) is 14.5 Å². The first kappa shape index (κ1) is 25.1. The lowest BCUT2D eigenvalue weighted by Crippen LogP contribution is -2.35. The molecule has 2 heterocycles. The molecule has 172 valence electrons. The number of aromatic nitrogens is 3. The van der Waals surface area contributed by atoms with Gasteiger partial charge in [0, 0.05) is 18.4 Å². The van der Waals surface area contributed by atoms with E-state index in [4.69, 9.17) is 10.7 Å². The molecule has 0 aliphatic rings. The van der Waals surface area contributed by atoms with E-state index in [9.17, 15) is 5.11 Å². The second-order valence-electron chi connectivity index (χ2n) is 9.06. The molecule has 6 nitrogen and oxygen atoms in total. The van der Waals surface area contributed by atoms with Crippen LogP contribution in [-0.4, -0.2) is 51.8 Å². The van der Waals surface area contributed by atoms with Crippen LogP contribution in [0.4, 0.5) is 5.82 Å². The van der Waals surface area contributed by atoms with Gasteiger partial charge >= 0.3 is 0 Å². The highest BCUT2D eigenvalue weighted by Crippen LogP contribution is 2.30. The van der Waals surface area contributed by atoms with E-state index in [0.29, 0.717) is 5.82 Å². The lowest BCUT2D eigenvalue weighted by molar-refractivity contribution is -0.870. The number of aryl methyl sites for hydroxylation is 2. The van der Waals surface area contributed by atoms with E-state index in [-0.39, 0.29) is 6.61 Å². The standard InChI is InChI=1S/C23H36N5O.C2H6/c1-5-6-10-20-26-21-22(27(20)13-8-7-9-14-28(2,3)4)18-12-11-17(16-29)15-19(18)25-23(21)24;1-2/h11-12,15,29H,5-10,13-14,16H2,1-4H3,(H2,24,25);1-2H3/q+1;. The molecule has 2 aromatic heterocycles. The Kier molecular flexibility index (Phi) is 9.26. The highest BCUT2D eigenvalue weighted by molar-refractivity contribution is 6.06. The molecule has 3 aromatic rings. The Balaban J connectivity index is 0.00000166. The summed E-state index contributed by atoms with van der Waals surface area (Å²) in [4.78, 5) is 9.48. The van der Waals surface area contributed by atoms with E-state index in [1.165, 1.54) is 19.4 Å². The number of quaternary nitrogens is 1. The zero-order valence-electron chi connectivity index (χ0n) is 20.4. The lowest BCUT2D eigenvalue weighted by atomic mass is 10.1. The molecular weight excluding hydrogens is 386 g/mol. The van der Waals surface area contributed by atoms with Gasteiger partial charge in [-0.2, -0.15) is 0 Å². The predicted octanol–water partition coefficient (Wildman–Crippen LogP) is 4.90. The van der Waals surface area contributed by atoms with Gasteiger partial charge in [0.2, 0.25) is 0 Å². The van der Waals surface area contributed by atoms with Crippen molar-refractivity contribution in [3.63, 3.8) is 0 Å². The topological polar surface area (TPSA) is 77.0 Å². The molecule has 0 spiro atoms. The number of hydrogen-bond donors (Lipinski definition) is 2. The van der Waals surface area contributed by atoms with Crippen molar-refractivity contribution in [3.05, 3.63) is 29.6 Å². The molecule has 0 aliphatic carbocycles. The normalized spacial score (nSPS) is 11.7. The number of aliphatic hydroxyl groups is 1. The smallest absolute Gasteiger partial charge is 0.152 e. The predicted molar refractivity (Wildman–Crippen MR) is 132 cm³/mol. The third-order valence-electron chi connectivity index (χ3n) is 5.49. The monoisotopic (exact) mass is 428 g/mol. The summed E-state index contributed by atoms with van der Waals surface area (Å²) < 4.78 is 3.38. The third-order valence-corrected chi connectivity index (χ3v) is 5.49. The van der Waals surface area contributed by atoms with Crippen LogP contribution in [-0.2, 0) is 19.6 Å². The zero-order valence-corrected chi connectivity index (χ0v) is 20.4. The summed E-state index contributed by atoms with van der Waals surface area (Å²) in [6.07, 6.45) is 6.77. The molecule has 0 saturated carbocycles. The summed E-state index contributed by atoms with van der Waals surface area (Å²) in [5, 5.41) is 10.5. The van der Waals surface area contributed by atoms with Crippen LogP contribution in [0, 0.1) is 0 Å². The molecular formula is C25H42N5O+. The number of fused-ring (bicyclic) bond motifs is 3. The van der Waals surface area contributed by atoms with Crippen molar-refractivity contribution >= 4 is 27.8 Å². The Morgan fingerprint density at radius 3 is 2.42 bits per heavy atom. The molecule has 0 atom stereocenters. The number of aliphatic hydroxyl groups excluding tert-OH is 1. The molecule has 3 N–H and O–H groups in total. The summed E-state index contributed by atoms with van der Waals surface area (Å²) in [6.45, 7) is 8.35. The van der Waals surface area contributed by atoms with Gasteiger partial charge in [0.15, 0.2) is 5.82 Å². The van der Waals surface area contributed by atoms with E-state index in [2.05, 4.69) is 43.7 Å². The maximum absolute atomic E-state index is 9.48. The van der Waals surface area contributed by atoms with E-state index in [1.54, 1.807) is 0 Å². The van der Waals surface area contributed by atoms with Crippen LogP contribution in [0.3, 0.4) is 0 Å². The molecule has 0 aliphatic heterocycles. The molecule has 6 heteroatoms. The number of nitrogens with zero attached hydrogens (tertiary/aromatic N) is 4. The number of benzene rings is 1. The summed E-state index contributed by atoms with van der Waals surface area (Å²) in [6, 6.07) is 5.94. The van der Waals surface area contributed by atoms with Crippen molar-refractivity contribution in [1.29, 1.82) is 0 Å². The fourth-order valence-corrected chi connectivity index (χ4v) is 3.90. The Bertz CT molecular complexity index is 972. The number of rotatable bonds is 10. The summed E-state index contributed by atoms with van der Waals surface area (Å²) in [5.74, 6) is 1.59. The largest absolute Gasteiger partial charge is 0.392 e. The van der Waals surface area contributed by atoms with Gasteiger partial charge in [-0.1, -0.05) is 39.3 Å². The van der Waals surface area contributed by atoms with Crippen molar-refractivity contribution in [2.75, 3.05) is 33.4 Å². The minimum Gasteiger partial charge on any atom is -0.392 e. The van der Waals surface area contributed by atoms with Gasteiger partial charge in [0.1, 0.15) is 11.3 Å². The van der Waals surface area contributed by atoms with Crippen LogP contribution in [0.25, 0.3) is 21.9 Å². The molecule has 0 unspecified atom stereocenters. The van der Waals surface area contributed by atoms with Crippen LogP contribution < -0.4 is 5.73 Å². The van der Waals surface area contributed by atoms with E-state index >= 15 is 0 Å². The van der Waals surface area contributed by atoms with Gasteiger partial charge in [0.25, 0.3) is 0 Å². The number of imidazole rings is 1. The summed E-state index contributed by atoms with van der Waals surface area (Å²) in [7, 11) is 6.73. The first-order valence-electron chi connectivity index (χ1n) is 11.8. The van der Waals surface area contributed by atoms with Crippen molar-refractivity contribution in [2.24, 2.45) is 0 Å². The Labute approximate surface area is 187 Å². The Hall–Kier alpha value is -2.18. The number of anilines is 1. The molecule has 0 amide bonds. The van der Waals surface area contributed by atoms with Gasteiger partial charge in [0.05, 0.1) is 45.3 Å². The molecule has 31 heavy (non-hydrogen) atoms. The number of hydrogen-bond acceptors (Lipinski definition) is 4. The quantitative estimate of drug-likeness (QED) is 0.355. The Morgan fingerprint density at radius 2 is 1.77 bits per heavy atom. The molecule has 1 aromatic carbocycles. The molecule has 0 radical (unpaired) electrons. The maximum atomic E-state index is 9.48. The average molecular weight is 429 g/mol. The van der Waals surface area contributed by atoms with Gasteiger partial charge in [-0.05, 0) is 37.3 Å². The van der Waals surface area contributed by atoms with Gasteiger partial charge < -0.3 is 19.9 Å². The van der Waals surface area contributed by atoms with Crippen LogP contribution in [0.2, 0.25) is 0 Å². The highest BCUT2D eigenvalue weighted by Gasteiger charge is 2.17. The van der Waals surface area contributed by atoms with Gasteiger partial charge in [-0.15, -0.1) is 0 Å². The number of nitrogen functional groups attached to an aromatic ring is 1. The number of nitrogens with two attached hydrogens (primary N) is 1. The van der Waals surface area contributed by atoms with Crippen molar-refractivity contribution in [2.45, 2.75) is 72.4 Å². The summed E-state index contributed by atoms with van der Waals surface area (Å²) >= 11 is 0. The average Bonchev–Trinajstić information content (AvgIpc) is 3.11. The van der Waals surface area contributed by atoms with Crippen LogP contribution in [0.5, 0.6) is 0 Å². The fraction of sp³-hybridized carbons (Fsp3) is 0.600. The van der Waals surface area contributed by atoms with Crippen molar-refractivity contribution in [3.8, 4) is 0 Å². The Morgan fingerprint density at radius 1 is 1.03 bits per heavy atom. The van der Waals surface area contributed by atoms with Crippen LogP contribution >= 0.6 is 0 Å². The first-order chi connectivity index (χ1) is 14.8. The minimum absolute atomic E-state index is 0.00284. The maximum Gasteiger partial charge on any atom is 0.152 e. The number of pyridine rings is 1. The lowest BCUT2D eigenvalue weighted by Gasteiger charge is -2.23. The van der Waals surface area contributed by atoms with E-state index < -0.39 is 0 Å². The minimum atomic E-state index is 0.00284. The first-order valence-corrected chi connectivity index (χ1v) is 11.8. The fourth-order valence-electron chi connectivity index (χ4n) is 3.90. The highest BCUT2D eigenvalue weighted by atomic mass is 16.3. The molecule has 0 saturated heterocycles. The zero-order chi connectivity index (χ0) is 23.0. The second kappa shape index (κ2) is 11.4. The molecule has 3 rings (SSSR count). The van der Waals surface area contributed by atoms with E-state index in [1.807, 2.05) is 26.0 Å². The summed E-state index contributed by atoms with van der Waals surface area (Å²) in [5.41, 5.74) is 9.88. The SMILES string of the molecule is CC.CCCCc1nc2c(N)nc3cc(CO)ccc3c2n1CCCCC[N+](C)(C)C. The third kappa shape index (κ3) is 6.40.